The van der Waals surface area contributed by atoms with Gasteiger partial charge in [0.1, 0.15) is 0 Å². The maximum atomic E-state index is 14.3. The third-order valence-corrected chi connectivity index (χ3v) is 4.94. The van der Waals surface area contributed by atoms with E-state index in [2.05, 4.69) is 10.3 Å². The second-order valence-electron chi connectivity index (χ2n) is 6.15. The Balaban J connectivity index is 1.76. The van der Waals surface area contributed by atoms with Gasteiger partial charge in [-0.05, 0) is 49.3 Å². The Morgan fingerprint density at radius 1 is 1.30 bits per heavy atom. The first-order valence-electron chi connectivity index (χ1n) is 7.31. The molecule has 3 nitrogen and oxygen atoms in total. The molecule has 3 unspecified atom stereocenters. The predicted octanol–water partition coefficient (Wildman–Crippen LogP) is 3.56. The van der Waals surface area contributed by atoms with E-state index in [4.69, 9.17) is 5.73 Å². The molecule has 20 heavy (non-hydrogen) atoms. The van der Waals surface area contributed by atoms with E-state index in [9.17, 15) is 4.39 Å². The van der Waals surface area contributed by atoms with Gasteiger partial charge >= 0.3 is 0 Å². The minimum Gasteiger partial charge on any atom is -0.398 e. The van der Waals surface area contributed by atoms with Crippen molar-refractivity contribution in [1.29, 1.82) is 0 Å². The zero-order valence-electron chi connectivity index (χ0n) is 11.3. The van der Waals surface area contributed by atoms with Crippen molar-refractivity contribution in [3.05, 3.63) is 30.2 Å². The molecule has 4 rings (SSSR count). The van der Waals surface area contributed by atoms with Gasteiger partial charge in [0.05, 0.1) is 11.2 Å². The lowest BCUT2D eigenvalue weighted by molar-refractivity contribution is 0.438. The maximum Gasteiger partial charge on any atom is 0.150 e. The molecule has 3 N–H and O–H groups in total. The van der Waals surface area contributed by atoms with Gasteiger partial charge in [-0.2, -0.15) is 0 Å². The number of nitrogens with two attached hydrogens (primary N) is 1. The van der Waals surface area contributed by atoms with Crippen molar-refractivity contribution < 1.29 is 4.39 Å². The molecule has 0 amide bonds. The van der Waals surface area contributed by atoms with Crippen molar-refractivity contribution in [3.8, 4) is 0 Å². The molecule has 4 heteroatoms. The molecular formula is C16H18FN3. The lowest BCUT2D eigenvalue weighted by Gasteiger charge is -2.25. The van der Waals surface area contributed by atoms with Gasteiger partial charge in [-0.25, -0.2) is 4.39 Å². The van der Waals surface area contributed by atoms with Crippen LogP contribution in [-0.2, 0) is 0 Å². The molecule has 2 bridgehead atoms. The molecule has 3 atom stereocenters. The number of hydrogen-bond acceptors (Lipinski definition) is 3. The molecule has 0 radical (unpaired) electrons. The normalized spacial score (nSPS) is 28.1. The zero-order valence-corrected chi connectivity index (χ0v) is 11.3. The summed E-state index contributed by atoms with van der Waals surface area (Å²) in [4.78, 5) is 4.32. The predicted molar refractivity (Wildman–Crippen MR) is 79.0 cm³/mol. The highest BCUT2D eigenvalue weighted by Crippen LogP contribution is 2.46. The third kappa shape index (κ3) is 1.74. The Labute approximate surface area is 117 Å². The first-order valence-corrected chi connectivity index (χ1v) is 7.31. The van der Waals surface area contributed by atoms with Gasteiger partial charge in [0.15, 0.2) is 5.82 Å². The average molecular weight is 271 g/mol. The lowest BCUT2D eigenvalue weighted by atomic mass is 9.95. The van der Waals surface area contributed by atoms with Gasteiger partial charge in [-0.15, -0.1) is 0 Å². The molecule has 0 aliphatic heterocycles. The molecule has 104 valence electrons. The van der Waals surface area contributed by atoms with Crippen LogP contribution in [0.3, 0.4) is 0 Å². The van der Waals surface area contributed by atoms with E-state index >= 15 is 0 Å². The number of nitrogens with zero attached hydrogens (tertiary/aromatic N) is 1. The van der Waals surface area contributed by atoms with Crippen molar-refractivity contribution in [3.63, 3.8) is 0 Å². The number of pyridine rings is 1. The summed E-state index contributed by atoms with van der Waals surface area (Å²) < 4.78 is 14.3. The van der Waals surface area contributed by atoms with Crippen LogP contribution < -0.4 is 11.1 Å². The van der Waals surface area contributed by atoms with E-state index in [1.165, 1.54) is 25.3 Å². The van der Waals surface area contributed by atoms with Crippen molar-refractivity contribution in [1.82, 2.24) is 4.98 Å². The number of fused-ring (bicyclic) bond motifs is 3. The Kier molecular flexibility index (Phi) is 2.59. The molecular weight excluding hydrogens is 253 g/mol. The van der Waals surface area contributed by atoms with E-state index in [0.29, 0.717) is 28.9 Å². The fourth-order valence-corrected chi connectivity index (χ4v) is 3.98. The third-order valence-electron chi connectivity index (χ3n) is 4.94. The number of rotatable bonds is 2. The number of hydrogen-bond donors (Lipinski definition) is 2. The van der Waals surface area contributed by atoms with Crippen LogP contribution >= 0.6 is 0 Å². The second-order valence-corrected chi connectivity index (χ2v) is 6.15. The summed E-state index contributed by atoms with van der Waals surface area (Å²) in [6.07, 6.45) is 6.74. The van der Waals surface area contributed by atoms with Gasteiger partial charge in [0.2, 0.25) is 0 Å². The van der Waals surface area contributed by atoms with E-state index in [1.54, 1.807) is 6.20 Å². The molecule has 2 aromatic rings. The van der Waals surface area contributed by atoms with Crippen LogP contribution in [0.4, 0.5) is 15.8 Å². The van der Waals surface area contributed by atoms with Crippen molar-refractivity contribution >= 4 is 22.3 Å². The van der Waals surface area contributed by atoms with Crippen LogP contribution in [0, 0.1) is 17.7 Å². The molecule has 0 saturated heterocycles. The lowest BCUT2D eigenvalue weighted by Crippen LogP contribution is -2.26. The molecule has 2 saturated carbocycles. The highest BCUT2D eigenvalue weighted by molar-refractivity contribution is 5.98. The van der Waals surface area contributed by atoms with E-state index in [1.807, 2.05) is 12.1 Å². The number of benzene rings is 1. The molecule has 1 aromatic heterocycles. The van der Waals surface area contributed by atoms with Gasteiger partial charge in [-0.3, -0.25) is 4.98 Å². The van der Waals surface area contributed by atoms with Crippen LogP contribution in [0.2, 0.25) is 0 Å². The number of halogens is 1. The van der Waals surface area contributed by atoms with Crippen LogP contribution in [0.15, 0.2) is 24.4 Å². The number of nitrogens with one attached hydrogen (secondary N) is 1. The Morgan fingerprint density at radius 2 is 2.20 bits per heavy atom. The SMILES string of the molecule is Nc1cc(F)c(NC2CC3CCC2C3)c2ncccc12. The number of nitrogen functional groups attached to an aromatic ring is 1. The van der Waals surface area contributed by atoms with E-state index in [-0.39, 0.29) is 5.82 Å². The fourth-order valence-electron chi connectivity index (χ4n) is 3.98. The summed E-state index contributed by atoms with van der Waals surface area (Å²) in [5.74, 6) is 1.22. The molecule has 1 heterocycles. The van der Waals surface area contributed by atoms with Crippen LogP contribution in [0.5, 0.6) is 0 Å². The Bertz CT molecular complexity index is 670. The smallest absolute Gasteiger partial charge is 0.150 e. The standard InChI is InChI=1S/C16H18FN3/c17-12-8-13(18)11-2-1-5-19-15(11)16(12)20-14-7-9-3-4-10(14)6-9/h1-2,5,8-10,14,20H,3-4,6-7,18H2. The average Bonchev–Trinajstić information content (AvgIpc) is 3.06. The van der Waals surface area contributed by atoms with Crippen molar-refractivity contribution in [2.24, 2.45) is 11.8 Å². The molecule has 1 aromatic carbocycles. The largest absolute Gasteiger partial charge is 0.398 e. The van der Waals surface area contributed by atoms with Crippen molar-refractivity contribution in [2.75, 3.05) is 11.1 Å². The topological polar surface area (TPSA) is 50.9 Å². The Hall–Kier alpha value is -1.84. The summed E-state index contributed by atoms with van der Waals surface area (Å²) in [6, 6.07) is 5.51. The highest BCUT2D eigenvalue weighted by atomic mass is 19.1. The van der Waals surface area contributed by atoms with Gasteiger partial charge < -0.3 is 11.1 Å². The quantitative estimate of drug-likeness (QED) is 0.821. The molecule has 2 aliphatic carbocycles. The number of aromatic nitrogens is 1. The first kappa shape index (κ1) is 11.9. The van der Waals surface area contributed by atoms with Crippen LogP contribution in [0.1, 0.15) is 25.7 Å². The molecule has 2 fully saturated rings. The van der Waals surface area contributed by atoms with Gasteiger partial charge in [-0.1, -0.05) is 6.42 Å². The maximum absolute atomic E-state index is 14.3. The summed E-state index contributed by atoms with van der Waals surface area (Å²) in [5.41, 5.74) is 7.50. The highest BCUT2D eigenvalue weighted by Gasteiger charge is 2.39. The van der Waals surface area contributed by atoms with Crippen LogP contribution in [0.25, 0.3) is 10.9 Å². The fraction of sp³-hybridized carbons (Fsp3) is 0.438. The minimum absolute atomic E-state index is 0.295. The minimum atomic E-state index is -0.295. The summed E-state index contributed by atoms with van der Waals surface area (Å²) >= 11 is 0. The molecule has 0 spiro atoms. The monoisotopic (exact) mass is 271 g/mol. The summed E-state index contributed by atoms with van der Waals surface area (Å²) in [6.45, 7) is 0. The Morgan fingerprint density at radius 3 is 2.95 bits per heavy atom. The van der Waals surface area contributed by atoms with E-state index < -0.39 is 0 Å². The summed E-state index contributed by atoms with van der Waals surface area (Å²) in [7, 11) is 0. The zero-order chi connectivity index (χ0) is 13.7. The summed E-state index contributed by atoms with van der Waals surface area (Å²) in [5, 5.41) is 4.24. The van der Waals surface area contributed by atoms with Gasteiger partial charge in [0.25, 0.3) is 0 Å². The van der Waals surface area contributed by atoms with Gasteiger partial charge in [0, 0.05) is 23.3 Å². The molecule has 2 aliphatic rings. The van der Waals surface area contributed by atoms with Crippen LogP contribution in [-0.4, -0.2) is 11.0 Å². The first-order chi connectivity index (χ1) is 9.72. The number of anilines is 2. The van der Waals surface area contributed by atoms with E-state index in [0.717, 1.165) is 17.7 Å². The second kappa shape index (κ2) is 4.33. The van der Waals surface area contributed by atoms with Crippen molar-refractivity contribution in [2.45, 2.75) is 31.7 Å².